The minimum atomic E-state index is -0.312. The van der Waals surface area contributed by atoms with Crippen LogP contribution in [0.4, 0.5) is 4.39 Å². The highest BCUT2D eigenvalue weighted by molar-refractivity contribution is 5.95. The molecule has 8 heteroatoms. The van der Waals surface area contributed by atoms with Crippen LogP contribution in [0.1, 0.15) is 49.7 Å². The number of halogens is 1. The summed E-state index contributed by atoms with van der Waals surface area (Å²) >= 11 is 0. The van der Waals surface area contributed by atoms with Crippen LogP contribution in [-0.2, 0) is 4.79 Å². The maximum Gasteiger partial charge on any atom is 0.257 e. The molecule has 0 aliphatic carbocycles. The van der Waals surface area contributed by atoms with E-state index in [-0.39, 0.29) is 29.6 Å². The first-order valence-electron chi connectivity index (χ1n) is 10.4. The molecule has 1 aromatic heterocycles. The van der Waals surface area contributed by atoms with Gasteiger partial charge in [0, 0.05) is 32.2 Å². The second kappa shape index (κ2) is 9.38. The summed E-state index contributed by atoms with van der Waals surface area (Å²) in [6.45, 7) is 10.7. The number of nitrogens with zero attached hydrogens (tertiary/aromatic N) is 4. The second-order valence-electron chi connectivity index (χ2n) is 8.28. The van der Waals surface area contributed by atoms with E-state index in [1.54, 1.807) is 23.0 Å². The Balaban J connectivity index is 1.70. The van der Waals surface area contributed by atoms with Crippen molar-refractivity contribution in [2.24, 2.45) is 0 Å². The molecule has 1 N–H and O–H groups in total. The lowest BCUT2D eigenvalue weighted by Crippen LogP contribution is -2.51. The molecule has 162 valence electrons. The predicted octanol–water partition coefficient (Wildman–Crippen LogP) is 2.42. The summed E-state index contributed by atoms with van der Waals surface area (Å²) in [6, 6.07) is 6.20. The molecule has 1 aliphatic heterocycles. The van der Waals surface area contributed by atoms with Crippen molar-refractivity contribution in [2.75, 3.05) is 32.7 Å². The number of hydrogen-bond donors (Lipinski definition) is 1. The Morgan fingerprint density at radius 3 is 2.27 bits per heavy atom. The summed E-state index contributed by atoms with van der Waals surface area (Å²) in [7, 11) is 0. The van der Waals surface area contributed by atoms with E-state index in [0.717, 1.165) is 11.4 Å². The highest BCUT2D eigenvalue weighted by atomic mass is 19.1. The number of amides is 2. The molecule has 1 aromatic carbocycles. The third-order valence-corrected chi connectivity index (χ3v) is 5.13. The summed E-state index contributed by atoms with van der Waals surface area (Å²) in [6.07, 6.45) is 1.60. The number of carbonyl (C=O) groups excluding carboxylic acids is 2. The molecule has 0 saturated carbocycles. The zero-order valence-electron chi connectivity index (χ0n) is 18.1. The van der Waals surface area contributed by atoms with Gasteiger partial charge >= 0.3 is 0 Å². The van der Waals surface area contributed by atoms with Crippen molar-refractivity contribution in [3.05, 3.63) is 47.5 Å². The van der Waals surface area contributed by atoms with Gasteiger partial charge in [-0.15, -0.1) is 0 Å². The molecule has 2 amide bonds. The highest BCUT2D eigenvalue weighted by Crippen LogP contribution is 2.24. The molecule has 3 rings (SSSR count). The Kier molecular flexibility index (Phi) is 6.87. The molecule has 1 aliphatic rings. The van der Waals surface area contributed by atoms with Crippen LogP contribution in [0.25, 0.3) is 5.69 Å². The summed E-state index contributed by atoms with van der Waals surface area (Å²) in [5, 5.41) is 7.31. The molecular formula is C22H30FN5O2. The first-order valence-corrected chi connectivity index (χ1v) is 10.4. The largest absolute Gasteiger partial charge is 0.353 e. The number of benzene rings is 1. The Hall–Kier alpha value is -2.74. The van der Waals surface area contributed by atoms with Gasteiger partial charge in [-0.2, -0.15) is 5.10 Å². The lowest BCUT2D eigenvalue weighted by atomic mass is 10.0. The molecule has 7 nitrogen and oxygen atoms in total. The molecule has 0 spiro atoms. The van der Waals surface area contributed by atoms with Gasteiger partial charge in [-0.1, -0.05) is 13.8 Å². The fourth-order valence-electron chi connectivity index (χ4n) is 3.72. The van der Waals surface area contributed by atoms with E-state index in [9.17, 15) is 14.0 Å². The standard InChI is InChI=1S/C22H30FN5O2/c1-15(2)21-19(13-24-28(21)18-7-5-17(23)6-8-18)22(30)27-11-9-26(10-12-27)14-20(29)25-16(3)4/h5-8,13,15-16H,9-12,14H2,1-4H3,(H,25,29). The van der Waals surface area contributed by atoms with Crippen LogP contribution < -0.4 is 5.32 Å². The average molecular weight is 416 g/mol. The van der Waals surface area contributed by atoms with Crippen LogP contribution in [0.2, 0.25) is 0 Å². The Bertz CT molecular complexity index is 883. The fourth-order valence-corrected chi connectivity index (χ4v) is 3.72. The molecular weight excluding hydrogens is 385 g/mol. The summed E-state index contributed by atoms with van der Waals surface area (Å²) in [5.41, 5.74) is 2.10. The van der Waals surface area contributed by atoms with Crippen LogP contribution >= 0.6 is 0 Å². The Morgan fingerprint density at radius 1 is 1.07 bits per heavy atom. The van der Waals surface area contributed by atoms with E-state index >= 15 is 0 Å². The average Bonchev–Trinajstić information content (AvgIpc) is 3.13. The third-order valence-electron chi connectivity index (χ3n) is 5.13. The quantitative estimate of drug-likeness (QED) is 0.787. The van der Waals surface area contributed by atoms with Gasteiger partial charge in [0.05, 0.1) is 29.7 Å². The molecule has 0 radical (unpaired) electrons. The van der Waals surface area contributed by atoms with Crippen molar-refractivity contribution >= 4 is 11.8 Å². The predicted molar refractivity (Wildman–Crippen MR) is 113 cm³/mol. The number of nitrogens with one attached hydrogen (secondary N) is 1. The van der Waals surface area contributed by atoms with Gasteiger partial charge in [0.1, 0.15) is 5.82 Å². The number of rotatable bonds is 6. The van der Waals surface area contributed by atoms with Crippen LogP contribution in [-0.4, -0.2) is 70.2 Å². The maximum absolute atomic E-state index is 13.3. The van der Waals surface area contributed by atoms with E-state index in [1.807, 2.05) is 32.6 Å². The zero-order chi connectivity index (χ0) is 21.8. The SMILES string of the molecule is CC(C)NC(=O)CN1CCN(C(=O)c2cnn(-c3ccc(F)cc3)c2C(C)C)CC1. The summed E-state index contributed by atoms with van der Waals surface area (Å²) in [5.74, 6) is -0.295. The van der Waals surface area contributed by atoms with E-state index in [2.05, 4.69) is 15.3 Å². The molecule has 0 atom stereocenters. The van der Waals surface area contributed by atoms with Gasteiger partial charge < -0.3 is 10.2 Å². The minimum Gasteiger partial charge on any atom is -0.353 e. The monoisotopic (exact) mass is 415 g/mol. The molecule has 2 aromatic rings. The number of aromatic nitrogens is 2. The smallest absolute Gasteiger partial charge is 0.257 e. The number of carbonyl (C=O) groups is 2. The molecule has 1 fully saturated rings. The molecule has 30 heavy (non-hydrogen) atoms. The van der Waals surface area contributed by atoms with Crippen molar-refractivity contribution < 1.29 is 14.0 Å². The van der Waals surface area contributed by atoms with Crippen LogP contribution in [0.3, 0.4) is 0 Å². The lowest BCUT2D eigenvalue weighted by Gasteiger charge is -2.34. The van der Waals surface area contributed by atoms with Gasteiger partial charge in [0.25, 0.3) is 5.91 Å². The van der Waals surface area contributed by atoms with E-state index < -0.39 is 0 Å². The van der Waals surface area contributed by atoms with Crippen molar-refractivity contribution in [3.8, 4) is 5.69 Å². The van der Waals surface area contributed by atoms with Crippen molar-refractivity contribution in [2.45, 2.75) is 39.7 Å². The van der Waals surface area contributed by atoms with Crippen LogP contribution in [0.5, 0.6) is 0 Å². The number of hydrogen-bond acceptors (Lipinski definition) is 4. The molecule has 0 bridgehead atoms. The minimum absolute atomic E-state index is 0.00689. The Morgan fingerprint density at radius 2 is 1.70 bits per heavy atom. The van der Waals surface area contributed by atoms with Gasteiger partial charge in [-0.25, -0.2) is 9.07 Å². The third kappa shape index (κ3) is 5.05. The van der Waals surface area contributed by atoms with E-state index in [1.165, 1.54) is 12.1 Å². The Labute approximate surface area is 176 Å². The topological polar surface area (TPSA) is 70.5 Å². The van der Waals surface area contributed by atoms with E-state index in [0.29, 0.717) is 38.3 Å². The second-order valence-corrected chi connectivity index (χ2v) is 8.28. The lowest BCUT2D eigenvalue weighted by molar-refractivity contribution is -0.123. The van der Waals surface area contributed by atoms with E-state index in [4.69, 9.17) is 0 Å². The van der Waals surface area contributed by atoms with Gasteiger partial charge in [0.2, 0.25) is 5.91 Å². The van der Waals surface area contributed by atoms with Gasteiger partial charge in [-0.05, 0) is 44.0 Å². The van der Waals surface area contributed by atoms with Gasteiger partial charge in [-0.3, -0.25) is 14.5 Å². The van der Waals surface area contributed by atoms with Crippen LogP contribution in [0.15, 0.2) is 30.5 Å². The van der Waals surface area contributed by atoms with Gasteiger partial charge in [0.15, 0.2) is 0 Å². The van der Waals surface area contributed by atoms with Crippen molar-refractivity contribution in [3.63, 3.8) is 0 Å². The summed E-state index contributed by atoms with van der Waals surface area (Å²) < 4.78 is 15.0. The maximum atomic E-state index is 13.3. The molecule has 1 saturated heterocycles. The zero-order valence-corrected chi connectivity index (χ0v) is 18.1. The first-order chi connectivity index (χ1) is 14.3. The summed E-state index contributed by atoms with van der Waals surface area (Å²) in [4.78, 5) is 29.1. The normalized spacial score (nSPS) is 15.1. The fraction of sp³-hybridized carbons (Fsp3) is 0.500. The number of piperazine rings is 1. The first kappa shape index (κ1) is 22.0. The molecule has 2 heterocycles. The van der Waals surface area contributed by atoms with Crippen molar-refractivity contribution in [1.29, 1.82) is 0 Å². The molecule has 0 unspecified atom stereocenters. The highest BCUT2D eigenvalue weighted by Gasteiger charge is 2.28. The van der Waals surface area contributed by atoms with Crippen molar-refractivity contribution in [1.82, 2.24) is 24.9 Å². The van der Waals surface area contributed by atoms with Crippen LogP contribution in [0, 0.1) is 5.82 Å².